The molecule has 0 spiro atoms. The number of aromatic nitrogens is 2. The fourth-order valence-corrected chi connectivity index (χ4v) is 3.38. The Morgan fingerprint density at radius 3 is 2.82 bits per heavy atom. The average molecular weight is 388 g/mol. The Balaban J connectivity index is 1.92. The zero-order valence-electron chi connectivity index (χ0n) is 15.7. The zero-order chi connectivity index (χ0) is 20.3. The van der Waals surface area contributed by atoms with Gasteiger partial charge in [0.05, 0.1) is 11.6 Å². The monoisotopic (exact) mass is 388 g/mol. The normalized spacial score (nSPS) is 15.2. The van der Waals surface area contributed by atoms with E-state index < -0.39 is 28.9 Å². The molecular weight excluding hydrogens is 364 g/mol. The van der Waals surface area contributed by atoms with Gasteiger partial charge in [-0.15, -0.1) is 0 Å². The maximum absolute atomic E-state index is 13.0. The standard InChI is InChI=1S/C19H24N4O5/c1-12(24)11-21-18(27)15-17(26)16-13(5-2-7-20-16)23(19(15)28)10-4-9-22-8-3-6-14(22)25/h2,5,7,12,24,26H,3-4,6,8-11H2,1H3,(H,21,27). The molecule has 0 bridgehead atoms. The third-order valence-electron chi connectivity index (χ3n) is 4.76. The molecule has 0 radical (unpaired) electrons. The van der Waals surface area contributed by atoms with Gasteiger partial charge in [0.2, 0.25) is 5.91 Å². The molecule has 0 aromatic carbocycles. The number of pyridine rings is 2. The summed E-state index contributed by atoms with van der Waals surface area (Å²) in [5, 5.41) is 22.3. The van der Waals surface area contributed by atoms with Crippen LogP contribution in [0.1, 0.15) is 36.5 Å². The number of carbonyl (C=O) groups excluding carboxylic acids is 2. The maximum Gasteiger partial charge on any atom is 0.267 e. The Bertz CT molecular complexity index is 953. The van der Waals surface area contributed by atoms with Crippen LogP contribution >= 0.6 is 0 Å². The molecule has 9 nitrogen and oxygen atoms in total. The highest BCUT2D eigenvalue weighted by molar-refractivity contribution is 6.01. The first kappa shape index (κ1) is 19.8. The molecule has 1 aliphatic heterocycles. The summed E-state index contributed by atoms with van der Waals surface area (Å²) in [5.74, 6) is -1.13. The Kier molecular flexibility index (Phi) is 5.93. The van der Waals surface area contributed by atoms with Crippen LogP contribution in [0, 0.1) is 0 Å². The smallest absolute Gasteiger partial charge is 0.267 e. The van der Waals surface area contributed by atoms with Crippen molar-refractivity contribution in [2.75, 3.05) is 19.6 Å². The lowest BCUT2D eigenvalue weighted by Gasteiger charge is -2.17. The fourth-order valence-electron chi connectivity index (χ4n) is 3.38. The minimum absolute atomic E-state index is 0.0466. The minimum atomic E-state index is -0.787. The predicted molar refractivity (Wildman–Crippen MR) is 102 cm³/mol. The topological polar surface area (TPSA) is 125 Å². The molecule has 1 atom stereocenters. The highest BCUT2D eigenvalue weighted by Crippen LogP contribution is 2.24. The molecule has 2 amide bonds. The van der Waals surface area contributed by atoms with Gasteiger partial charge in [-0.1, -0.05) is 0 Å². The van der Waals surface area contributed by atoms with E-state index in [4.69, 9.17) is 0 Å². The fraction of sp³-hybridized carbons (Fsp3) is 0.474. The Morgan fingerprint density at radius 2 is 2.14 bits per heavy atom. The van der Waals surface area contributed by atoms with Gasteiger partial charge < -0.3 is 25.0 Å². The first-order valence-corrected chi connectivity index (χ1v) is 9.34. The molecule has 3 N–H and O–H groups in total. The molecule has 3 heterocycles. The van der Waals surface area contributed by atoms with E-state index in [0.29, 0.717) is 24.9 Å². The minimum Gasteiger partial charge on any atom is -0.505 e. The average Bonchev–Trinajstić information content (AvgIpc) is 3.07. The van der Waals surface area contributed by atoms with Crippen molar-refractivity contribution in [3.05, 3.63) is 34.2 Å². The second kappa shape index (κ2) is 8.39. The number of aliphatic hydroxyl groups excluding tert-OH is 1. The summed E-state index contributed by atoms with van der Waals surface area (Å²) in [4.78, 5) is 43.0. The van der Waals surface area contributed by atoms with Crippen molar-refractivity contribution in [1.82, 2.24) is 19.8 Å². The van der Waals surface area contributed by atoms with Crippen molar-refractivity contribution in [3.63, 3.8) is 0 Å². The Hall–Kier alpha value is -2.94. The number of aryl methyl sites for hydroxylation is 1. The van der Waals surface area contributed by atoms with Gasteiger partial charge in [0.15, 0.2) is 5.75 Å². The lowest BCUT2D eigenvalue weighted by Crippen LogP contribution is -2.37. The second-order valence-corrected chi connectivity index (χ2v) is 6.95. The summed E-state index contributed by atoms with van der Waals surface area (Å²) in [6.07, 6.45) is 2.62. The highest BCUT2D eigenvalue weighted by atomic mass is 16.3. The van der Waals surface area contributed by atoms with Crippen molar-refractivity contribution in [2.45, 2.75) is 38.8 Å². The summed E-state index contributed by atoms with van der Waals surface area (Å²) < 4.78 is 1.40. The maximum atomic E-state index is 13.0. The number of likely N-dealkylation sites (tertiary alicyclic amines) is 1. The van der Waals surface area contributed by atoms with Gasteiger partial charge in [-0.25, -0.2) is 0 Å². The number of rotatable bonds is 7. The molecule has 9 heteroatoms. The van der Waals surface area contributed by atoms with Gasteiger partial charge in [-0.3, -0.25) is 19.4 Å². The molecule has 1 unspecified atom stereocenters. The molecule has 150 valence electrons. The number of carbonyl (C=O) groups is 2. The van der Waals surface area contributed by atoms with Crippen LogP contribution in [0.25, 0.3) is 11.0 Å². The lowest BCUT2D eigenvalue weighted by molar-refractivity contribution is -0.127. The van der Waals surface area contributed by atoms with Crippen LogP contribution in [-0.4, -0.2) is 62.2 Å². The number of amides is 2. The van der Waals surface area contributed by atoms with E-state index in [0.717, 1.165) is 13.0 Å². The van der Waals surface area contributed by atoms with E-state index in [9.17, 15) is 24.6 Å². The van der Waals surface area contributed by atoms with Crippen molar-refractivity contribution in [3.8, 4) is 5.75 Å². The van der Waals surface area contributed by atoms with Crippen LogP contribution in [-0.2, 0) is 11.3 Å². The molecule has 2 aromatic heterocycles. The van der Waals surface area contributed by atoms with Crippen LogP contribution in [0.15, 0.2) is 23.1 Å². The number of hydrogen-bond acceptors (Lipinski definition) is 6. The molecule has 1 saturated heterocycles. The van der Waals surface area contributed by atoms with Crippen molar-refractivity contribution < 1.29 is 19.8 Å². The summed E-state index contributed by atoms with van der Waals surface area (Å²) in [6.45, 7) is 2.98. The molecule has 1 aliphatic rings. The zero-order valence-corrected chi connectivity index (χ0v) is 15.7. The number of hydrogen-bond donors (Lipinski definition) is 3. The molecule has 2 aromatic rings. The van der Waals surface area contributed by atoms with Gasteiger partial charge in [-0.2, -0.15) is 0 Å². The van der Waals surface area contributed by atoms with Gasteiger partial charge in [-0.05, 0) is 31.9 Å². The van der Waals surface area contributed by atoms with Gasteiger partial charge in [0, 0.05) is 38.8 Å². The molecule has 28 heavy (non-hydrogen) atoms. The third kappa shape index (κ3) is 3.99. The molecule has 3 rings (SSSR count). The second-order valence-electron chi connectivity index (χ2n) is 6.95. The lowest BCUT2D eigenvalue weighted by atomic mass is 10.1. The van der Waals surface area contributed by atoms with E-state index >= 15 is 0 Å². The molecule has 0 aliphatic carbocycles. The summed E-state index contributed by atoms with van der Waals surface area (Å²) in [7, 11) is 0. The first-order chi connectivity index (χ1) is 13.4. The number of nitrogens with one attached hydrogen (secondary N) is 1. The third-order valence-corrected chi connectivity index (χ3v) is 4.76. The van der Waals surface area contributed by atoms with Crippen molar-refractivity contribution in [1.29, 1.82) is 0 Å². The van der Waals surface area contributed by atoms with Gasteiger partial charge in [0.25, 0.3) is 11.5 Å². The van der Waals surface area contributed by atoms with Gasteiger partial charge >= 0.3 is 0 Å². The molecule has 1 fully saturated rings. The van der Waals surface area contributed by atoms with Crippen molar-refractivity contribution >= 4 is 22.8 Å². The SMILES string of the molecule is CC(O)CNC(=O)c1c(O)c2ncccc2n(CCCN2CCCC2=O)c1=O. The van der Waals surface area contributed by atoms with E-state index in [1.54, 1.807) is 17.0 Å². The number of aromatic hydroxyl groups is 1. The summed E-state index contributed by atoms with van der Waals surface area (Å²) in [5.41, 5.74) is -0.454. The summed E-state index contributed by atoms with van der Waals surface area (Å²) in [6, 6.07) is 3.30. The van der Waals surface area contributed by atoms with E-state index in [1.807, 2.05) is 0 Å². The van der Waals surface area contributed by atoms with Crippen LogP contribution in [0.3, 0.4) is 0 Å². The van der Waals surface area contributed by atoms with E-state index in [1.165, 1.54) is 17.7 Å². The number of fused-ring (bicyclic) bond motifs is 1. The quantitative estimate of drug-likeness (QED) is 0.623. The molecule has 0 saturated carbocycles. The number of nitrogens with zero attached hydrogens (tertiary/aromatic N) is 3. The van der Waals surface area contributed by atoms with E-state index in [-0.39, 0.29) is 24.5 Å². The molecular formula is C19H24N4O5. The largest absolute Gasteiger partial charge is 0.505 e. The van der Waals surface area contributed by atoms with Gasteiger partial charge in [0.1, 0.15) is 11.1 Å². The van der Waals surface area contributed by atoms with E-state index in [2.05, 4.69) is 10.3 Å². The Labute approximate surface area is 161 Å². The van der Waals surface area contributed by atoms with Crippen LogP contribution in [0.4, 0.5) is 0 Å². The van der Waals surface area contributed by atoms with Crippen LogP contribution in [0.2, 0.25) is 0 Å². The number of aliphatic hydroxyl groups is 1. The van der Waals surface area contributed by atoms with Crippen LogP contribution in [0.5, 0.6) is 5.75 Å². The summed E-state index contributed by atoms with van der Waals surface area (Å²) >= 11 is 0. The Morgan fingerprint density at radius 1 is 1.36 bits per heavy atom. The first-order valence-electron chi connectivity index (χ1n) is 9.34. The van der Waals surface area contributed by atoms with Crippen molar-refractivity contribution in [2.24, 2.45) is 0 Å². The predicted octanol–water partition coefficient (Wildman–Crippen LogP) is 0.225. The highest BCUT2D eigenvalue weighted by Gasteiger charge is 2.24. The van der Waals surface area contributed by atoms with Crippen LogP contribution < -0.4 is 10.9 Å².